The van der Waals surface area contributed by atoms with Crippen molar-refractivity contribution in [2.45, 2.75) is 44.0 Å². The minimum atomic E-state index is -0.166. The van der Waals surface area contributed by atoms with Crippen LogP contribution in [0.1, 0.15) is 26.7 Å². The maximum absolute atomic E-state index is 11.9. The van der Waals surface area contributed by atoms with Gasteiger partial charge < -0.3 is 4.90 Å². The van der Waals surface area contributed by atoms with E-state index in [9.17, 15) is 4.79 Å². The molecule has 2 aliphatic heterocycles. The van der Waals surface area contributed by atoms with Gasteiger partial charge in [-0.25, -0.2) is 0 Å². The summed E-state index contributed by atoms with van der Waals surface area (Å²) in [6, 6.07) is 0.957. The van der Waals surface area contributed by atoms with Gasteiger partial charge in [-0.05, 0) is 33.2 Å². The highest BCUT2D eigenvalue weighted by Crippen LogP contribution is 2.25. The van der Waals surface area contributed by atoms with Gasteiger partial charge in [-0.1, -0.05) is 0 Å². The highest BCUT2D eigenvalue weighted by Gasteiger charge is 2.36. The predicted octanol–water partition coefficient (Wildman–Crippen LogP) is 1.000. The normalized spacial score (nSPS) is 33.9. The van der Waals surface area contributed by atoms with E-state index in [0.717, 1.165) is 13.1 Å². The van der Waals surface area contributed by atoms with Crippen LogP contribution in [0.4, 0.5) is 0 Å². The molecule has 0 saturated carbocycles. The lowest BCUT2D eigenvalue weighted by molar-refractivity contribution is -0.135. The molecule has 2 saturated heterocycles. The molecule has 0 spiro atoms. The molecule has 1 amide bonds. The van der Waals surface area contributed by atoms with E-state index < -0.39 is 0 Å². The first-order valence-electron chi connectivity index (χ1n) is 5.82. The van der Waals surface area contributed by atoms with E-state index >= 15 is 0 Å². The number of carbonyl (C=O) groups is 1. The second-order valence-electron chi connectivity index (χ2n) is 4.81. The van der Waals surface area contributed by atoms with E-state index in [1.165, 1.54) is 19.4 Å². The number of thiol groups is 1. The van der Waals surface area contributed by atoms with Crippen molar-refractivity contribution >= 4 is 18.5 Å². The third kappa shape index (κ3) is 2.16. The minimum Gasteiger partial charge on any atom is -0.336 e. The van der Waals surface area contributed by atoms with Gasteiger partial charge in [0.15, 0.2) is 0 Å². The number of amides is 1. The predicted molar refractivity (Wildman–Crippen MR) is 64.2 cm³/mol. The molecule has 3 nitrogen and oxygen atoms in total. The summed E-state index contributed by atoms with van der Waals surface area (Å²) in [5.74, 6) is 0.192. The molecule has 2 aliphatic rings. The average Bonchev–Trinajstić information content (AvgIpc) is 2.62. The van der Waals surface area contributed by atoms with Crippen LogP contribution in [0.5, 0.6) is 0 Å². The highest BCUT2D eigenvalue weighted by molar-refractivity contribution is 7.81. The van der Waals surface area contributed by atoms with Crippen molar-refractivity contribution in [3.05, 3.63) is 0 Å². The molecule has 0 aromatic heterocycles. The summed E-state index contributed by atoms with van der Waals surface area (Å²) in [7, 11) is 0. The second kappa shape index (κ2) is 4.34. The Hall–Kier alpha value is -0.220. The lowest BCUT2D eigenvalue weighted by Gasteiger charge is -2.42. The van der Waals surface area contributed by atoms with E-state index in [-0.39, 0.29) is 11.2 Å². The van der Waals surface area contributed by atoms with Crippen LogP contribution >= 0.6 is 12.6 Å². The van der Waals surface area contributed by atoms with Gasteiger partial charge in [0.25, 0.3) is 0 Å². The van der Waals surface area contributed by atoms with Crippen molar-refractivity contribution in [2.24, 2.45) is 0 Å². The quantitative estimate of drug-likeness (QED) is 0.677. The van der Waals surface area contributed by atoms with Crippen molar-refractivity contribution in [1.82, 2.24) is 9.80 Å². The van der Waals surface area contributed by atoms with Crippen LogP contribution in [0.15, 0.2) is 0 Å². The number of fused-ring (bicyclic) bond motifs is 1. The zero-order valence-corrected chi connectivity index (χ0v) is 10.4. The summed E-state index contributed by atoms with van der Waals surface area (Å²) in [5, 5.41) is -0.166. The zero-order chi connectivity index (χ0) is 11.0. The molecule has 0 bridgehead atoms. The smallest absolute Gasteiger partial charge is 0.235 e. The zero-order valence-electron chi connectivity index (χ0n) is 9.52. The number of rotatable bonds is 1. The van der Waals surface area contributed by atoms with Crippen molar-refractivity contribution in [1.29, 1.82) is 0 Å². The topological polar surface area (TPSA) is 23.6 Å². The summed E-state index contributed by atoms with van der Waals surface area (Å²) in [6.07, 6.45) is 2.54. The molecule has 15 heavy (non-hydrogen) atoms. The number of nitrogens with zero attached hydrogens (tertiary/aromatic N) is 2. The van der Waals surface area contributed by atoms with Gasteiger partial charge in [0.1, 0.15) is 0 Å². The summed E-state index contributed by atoms with van der Waals surface area (Å²) in [4.78, 5) is 16.5. The molecule has 3 unspecified atom stereocenters. The Labute approximate surface area is 97.2 Å². The lowest BCUT2D eigenvalue weighted by atomic mass is 10.1. The van der Waals surface area contributed by atoms with Crippen molar-refractivity contribution < 1.29 is 4.79 Å². The van der Waals surface area contributed by atoms with Gasteiger partial charge in [-0.3, -0.25) is 9.69 Å². The Bertz CT molecular complexity index is 257. The van der Waals surface area contributed by atoms with E-state index in [1.807, 2.05) is 11.8 Å². The molecule has 2 fully saturated rings. The number of piperazine rings is 1. The first kappa shape index (κ1) is 11.3. The molecule has 3 atom stereocenters. The fourth-order valence-electron chi connectivity index (χ4n) is 2.73. The van der Waals surface area contributed by atoms with Crippen LogP contribution in [0.25, 0.3) is 0 Å². The van der Waals surface area contributed by atoms with Crippen LogP contribution < -0.4 is 0 Å². The number of hydrogen-bond acceptors (Lipinski definition) is 3. The van der Waals surface area contributed by atoms with E-state index in [4.69, 9.17) is 0 Å². The molecular formula is C11H20N2OS. The Balaban J connectivity index is 2.04. The average molecular weight is 228 g/mol. The van der Waals surface area contributed by atoms with Gasteiger partial charge in [0, 0.05) is 25.2 Å². The summed E-state index contributed by atoms with van der Waals surface area (Å²) in [6.45, 7) is 7.16. The molecule has 0 aromatic carbocycles. The highest BCUT2D eigenvalue weighted by atomic mass is 32.1. The van der Waals surface area contributed by atoms with Gasteiger partial charge in [-0.15, -0.1) is 0 Å². The van der Waals surface area contributed by atoms with Crippen LogP contribution in [-0.2, 0) is 4.79 Å². The fraction of sp³-hybridized carbons (Fsp3) is 0.909. The molecule has 0 N–H and O–H groups in total. The monoisotopic (exact) mass is 228 g/mol. The Morgan fingerprint density at radius 1 is 1.47 bits per heavy atom. The first-order valence-corrected chi connectivity index (χ1v) is 6.34. The maximum Gasteiger partial charge on any atom is 0.235 e. The van der Waals surface area contributed by atoms with Crippen molar-refractivity contribution in [3.63, 3.8) is 0 Å². The van der Waals surface area contributed by atoms with Gasteiger partial charge in [0.05, 0.1) is 5.25 Å². The van der Waals surface area contributed by atoms with Gasteiger partial charge in [0.2, 0.25) is 5.91 Å². The van der Waals surface area contributed by atoms with E-state index in [2.05, 4.69) is 24.5 Å². The summed E-state index contributed by atoms with van der Waals surface area (Å²) >= 11 is 4.24. The Morgan fingerprint density at radius 3 is 2.87 bits per heavy atom. The maximum atomic E-state index is 11.9. The third-order valence-corrected chi connectivity index (χ3v) is 3.80. The van der Waals surface area contributed by atoms with Gasteiger partial charge in [-0.2, -0.15) is 12.6 Å². The number of hydrogen-bond donors (Lipinski definition) is 1. The van der Waals surface area contributed by atoms with E-state index in [0.29, 0.717) is 12.1 Å². The molecule has 0 radical (unpaired) electrons. The lowest BCUT2D eigenvalue weighted by Crippen LogP contribution is -2.57. The Morgan fingerprint density at radius 2 is 2.20 bits per heavy atom. The Kier molecular flexibility index (Phi) is 3.26. The second-order valence-corrected chi connectivity index (χ2v) is 5.58. The van der Waals surface area contributed by atoms with Crippen LogP contribution in [0.3, 0.4) is 0 Å². The number of carbonyl (C=O) groups excluding carboxylic acids is 1. The van der Waals surface area contributed by atoms with Crippen molar-refractivity contribution in [2.75, 3.05) is 19.6 Å². The van der Waals surface area contributed by atoms with Crippen LogP contribution in [0.2, 0.25) is 0 Å². The standard InChI is InChI=1S/C11H20N2OS/c1-8-6-12-5-3-4-10(12)7-13(8)11(14)9(2)15/h8-10,15H,3-7H2,1-2H3. The SMILES string of the molecule is CC(S)C(=O)N1CC2CCCN2CC1C. The molecule has 0 aliphatic carbocycles. The van der Waals surface area contributed by atoms with Crippen molar-refractivity contribution in [3.8, 4) is 0 Å². The minimum absolute atomic E-state index is 0.166. The molecule has 0 aromatic rings. The molecule has 4 heteroatoms. The van der Waals surface area contributed by atoms with Gasteiger partial charge >= 0.3 is 0 Å². The molecular weight excluding hydrogens is 208 g/mol. The molecule has 86 valence electrons. The van der Waals surface area contributed by atoms with Crippen LogP contribution in [0, 0.1) is 0 Å². The largest absolute Gasteiger partial charge is 0.336 e. The summed E-state index contributed by atoms with van der Waals surface area (Å²) < 4.78 is 0. The molecule has 2 rings (SSSR count). The fourth-order valence-corrected chi connectivity index (χ4v) is 2.88. The summed E-state index contributed by atoms with van der Waals surface area (Å²) in [5.41, 5.74) is 0. The third-order valence-electron chi connectivity index (χ3n) is 3.58. The first-order chi connectivity index (χ1) is 7.09. The molecule has 2 heterocycles. The van der Waals surface area contributed by atoms with E-state index in [1.54, 1.807) is 0 Å². The van der Waals surface area contributed by atoms with Crippen LogP contribution in [-0.4, -0.2) is 52.7 Å².